The Morgan fingerprint density at radius 3 is 0.743 bits per heavy atom. The molecule has 4 saturated heterocycles. The number of rotatable bonds is 27. The van der Waals surface area contributed by atoms with E-state index in [-0.39, 0.29) is 72.4 Å². The van der Waals surface area contributed by atoms with E-state index in [4.69, 9.17) is 28.8 Å². The van der Waals surface area contributed by atoms with Crippen molar-refractivity contribution in [1.82, 2.24) is 60.5 Å². The van der Waals surface area contributed by atoms with E-state index < -0.39 is 34.2 Å². The number of benzene rings is 4. The monoisotopic (exact) mass is 1570 g/mol. The molecule has 4 aromatic carbocycles. The average molecular weight is 1580 g/mol. The van der Waals surface area contributed by atoms with Gasteiger partial charge in [-0.15, -0.1) is 0 Å². The smallest absolute Gasteiger partial charge is 0.332 e. The lowest BCUT2D eigenvalue weighted by Crippen LogP contribution is -2.49. The zero-order valence-corrected chi connectivity index (χ0v) is 69.5. The number of ether oxygens (including phenoxy) is 5. The van der Waals surface area contributed by atoms with Crippen LogP contribution < -0.4 is 21.3 Å². The van der Waals surface area contributed by atoms with Gasteiger partial charge >= 0.3 is 17.9 Å². The van der Waals surface area contributed by atoms with E-state index in [0.29, 0.717) is 134 Å². The van der Waals surface area contributed by atoms with Gasteiger partial charge in [0.05, 0.1) is 6.61 Å². The standard InChI is InChI=1S/C22H33N3O5.C21H31N3O5.C21H31N3O4.C20H31N3O3/c1-22(2,3)21(28)23-15-17-5-7-18(8-6-17)20(27)25-11-9-24(10-12-25)13-14-30-19(26)16-29-4;1-21(2,3)20(28)22-14-16-4-6-17(7-5-16)19(27)24-10-8-23(9-11-24)12-13-29-18(26)15-25;1-16(25)28-14-13-23-9-11-24(12-10-23)19(26)18-7-5-17(6-8-18)15-22-20(27)21(2,3)4;1-20(2,3)19(25)21-15-16-5-7-17(8-6-16)18(24)23-11-9-22(10-12-23)13-14-26-4/h5-8H,9-16H2,1-4H3,(H,23,28);4-7,25H,8-15H2,1-3H3,(H,22,28);5-8H,9-15H2,1-4H3,(H,22,27);5-8H,9-15H2,1-4H3,(H,21,25). The van der Waals surface area contributed by atoms with Crippen LogP contribution in [0.25, 0.3) is 0 Å². The molecule has 8 amide bonds. The first-order valence-electron chi connectivity index (χ1n) is 39.0. The van der Waals surface area contributed by atoms with Gasteiger partial charge in [0.25, 0.3) is 23.6 Å². The van der Waals surface area contributed by atoms with Crippen LogP contribution in [0.1, 0.15) is 154 Å². The second kappa shape index (κ2) is 46.8. The summed E-state index contributed by atoms with van der Waals surface area (Å²) >= 11 is 0. The van der Waals surface area contributed by atoms with Gasteiger partial charge in [-0.3, -0.25) is 62.8 Å². The van der Waals surface area contributed by atoms with Gasteiger partial charge in [0.1, 0.15) is 33.0 Å². The van der Waals surface area contributed by atoms with Gasteiger partial charge in [-0.2, -0.15) is 0 Å². The molecule has 0 bridgehead atoms. The molecule has 113 heavy (non-hydrogen) atoms. The number of hydrogen-bond donors (Lipinski definition) is 5. The third-order valence-electron chi connectivity index (χ3n) is 19.0. The number of carbonyl (C=O) groups is 11. The predicted molar refractivity (Wildman–Crippen MR) is 430 cm³/mol. The Bertz CT molecular complexity index is 3670. The maximum Gasteiger partial charge on any atom is 0.332 e. The Kier molecular flexibility index (Phi) is 39.1. The minimum atomic E-state index is -0.625. The van der Waals surface area contributed by atoms with Gasteiger partial charge in [0.2, 0.25) is 23.6 Å². The van der Waals surface area contributed by atoms with Crippen molar-refractivity contribution in [3.8, 4) is 0 Å². The second-order valence-electron chi connectivity index (χ2n) is 32.4. The average Bonchev–Trinajstić information content (AvgIpc) is 0.856. The lowest BCUT2D eigenvalue weighted by atomic mass is 9.95. The lowest BCUT2D eigenvalue weighted by Gasteiger charge is -2.34. The summed E-state index contributed by atoms with van der Waals surface area (Å²) in [6, 6.07) is 29.6. The number of nitrogens with one attached hydrogen (secondary N) is 4. The number of amides is 8. The van der Waals surface area contributed by atoms with Gasteiger partial charge in [-0.1, -0.05) is 132 Å². The summed E-state index contributed by atoms with van der Waals surface area (Å²) in [4.78, 5) is 148. The number of carbonyl (C=O) groups excluding carboxylic acids is 11. The minimum absolute atomic E-state index is 0.000716. The second-order valence-corrected chi connectivity index (χ2v) is 32.4. The first-order chi connectivity index (χ1) is 53.4. The predicted octanol–water partition coefficient (Wildman–Crippen LogP) is 5.36. The Hall–Kier alpha value is -9.23. The van der Waals surface area contributed by atoms with E-state index in [1.54, 1.807) is 19.2 Å². The van der Waals surface area contributed by atoms with E-state index in [1.807, 2.05) is 188 Å². The molecule has 4 aliphatic rings. The Labute approximate surface area is 668 Å². The molecule has 4 heterocycles. The highest BCUT2D eigenvalue weighted by Gasteiger charge is 2.29. The molecular formula is C84H126N12O17. The number of aliphatic hydroxyl groups excluding tert-OH is 1. The third-order valence-corrected chi connectivity index (χ3v) is 19.0. The van der Waals surface area contributed by atoms with Gasteiger partial charge in [-0.25, -0.2) is 9.59 Å². The lowest BCUT2D eigenvalue weighted by molar-refractivity contribution is -0.148. The summed E-state index contributed by atoms with van der Waals surface area (Å²) in [7, 11) is 3.16. The maximum absolute atomic E-state index is 12.7. The molecule has 0 aromatic heterocycles. The summed E-state index contributed by atoms with van der Waals surface area (Å²) in [5, 5.41) is 20.3. The van der Waals surface area contributed by atoms with Crippen LogP contribution in [0.3, 0.4) is 0 Å². The molecule has 29 heteroatoms. The molecule has 29 nitrogen and oxygen atoms in total. The topological polar surface area (TPSA) is 328 Å². The molecule has 0 aliphatic carbocycles. The van der Waals surface area contributed by atoms with Crippen LogP contribution in [0.2, 0.25) is 0 Å². The highest BCUT2D eigenvalue weighted by molar-refractivity contribution is 5.96. The van der Waals surface area contributed by atoms with E-state index in [1.165, 1.54) is 14.0 Å². The first kappa shape index (κ1) is 94.4. The molecule has 8 rings (SSSR count). The first-order valence-corrected chi connectivity index (χ1v) is 39.0. The minimum Gasteiger partial charge on any atom is -0.465 e. The number of hydrogen-bond acceptors (Lipinski definition) is 21. The highest BCUT2D eigenvalue weighted by Crippen LogP contribution is 2.20. The number of aliphatic hydroxyl groups is 1. The van der Waals surface area contributed by atoms with Crippen LogP contribution in [-0.4, -0.2) is 294 Å². The van der Waals surface area contributed by atoms with Crippen molar-refractivity contribution in [1.29, 1.82) is 0 Å². The Morgan fingerprint density at radius 2 is 0.540 bits per heavy atom. The zero-order valence-electron chi connectivity index (χ0n) is 69.5. The molecule has 0 atom stereocenters. The van der Waals surface area contributed by atoms with Crippen molar-refractivity contribution in [3.05, 3.63) is 142 Å². The van der Waals surface area contributed by atoms with Crippen molar-refractivity contribution in [2.75, 3.05) is 185 Å². The molecule has 0 spiro atoms. The number of nitrogens with zero attached hydrogens (tertiary/aromatic N) is 8. The summed E-state index contributed by atoms with van der Waals surface area (Å²) < 4.78 is 24.7. The van der Waals surface area contributed by atoms with Crippen LogP contribution in [-0.2, 0) is 83.4 Å². The highest BCUT2D eigenvalue weighted by atomic mass is 16.6. The number of piperazine rings is 4. The van der Waals surface area contributed by atoms with Crippen LogP contribution in [0, 0.1) is 21.7 Å². The normalized spacial score (nSPS) is 15.3. The van der Waals surface area contributed by atoms with E-state index in [0.717, 1.165) is 87.8 Å². The maximum atomic E-state index is 12.7. The van der Waals surface area contributed by atoms with Crippen LogP contribution >= 0.6 is 0 Å². The Balaban J connectivity index is 0.000000270. The summed E-state index contributed by atoms with van der Waals surface area (Å²) in [5.41, 5.74) is 4.79. The van der Waals surface area contributed by atoms with Crippen molar-refractivity contribution in [3.63, 3.8) is 0 Å². The molecule has 4 aliphatic heterocycles. The van der Waals surface area contributed by atoms with Gasteiger partial charge in [0, 0.05) is 222 Å². The number of esters is 3. The molecule has 0 radical (unpaired) electrons. The Morgan fingerprint density at radius 1 is 0.319 bits per heavy atom. The fourth-order valence-electron chi connectivity index (χ4n) is 11.6. The van der Waals surface area contributed by atoms with Crippen molar-refractivity contribution in [2.24, 2.45) is 21.7 Å². The van der Waals surface area contributed by atoms with Gasteiger partial charge in [0.15, 0.2) is 0 Å². The molecule has 0 saturated carbocycles. The van der Waals surface area contributed by atoms with Crippen LogP contribution in [0.15, 0.2) is 97.1 Å². The molecule has 4 aromatic rings. The molecule has 624 valence electrons. The van der Waals surface area contributed by atoms with Gasteiger partial charge in [-0.05, 0) is 70.8 Å². The molecule has 4 fully saturated rings. The fourth-order valence-corrected chi connectivity index (χ4v) is 11.6. The van der Waals surface area contributed by atoms with Crippen LogP contribution in [0.5, 0.6) is 0 Å². The van der Waals surface area contributed by atoms with Crippen molar-refractivity contribution < 1.29 is 81.5 Å². The third kappa shape index (κ3) is 34.6. The van der Waals surface area contributed by atoms with E-state index >= 15 is 0 Å². The molecule has 5 N–H and O–H groups in total. The summed E-state index contributed by atoms with van der Waals surface area (Å²) in [5.74, 6) is -1.18. The summed E-state index contributed by atoms with van der Waals surface area (Å²) in [6.45, 7) is 41.0. The SMILES string of the molecule is CC(=O)OCCN1CCN(C(=O)c2ccc(CNC(=O)C(C)(C)C)cc2)CC1.CC(C)(C)C(=O)NCc1ccc(C(=O)N2CCN(CCOC(=O)CO)CC2)cc1.COCC(=O)OCCN1CCN(C(=O)c2ccc(CNC(=O)C(C)(C)C)cc2)CC1.COCCN1CCN(C(=O)c2ccc(CNC(=O)C(C)(C)C)cc2)CC1. The largest absolute Gasteiger partial charge is 0.465 e. The van der Waals surface area contributed by atoms with Gasteiger partial charge < -0.3 is 69.7 Å². The van der Waals surface area contributed by atoms with Crippen molar-refractivity contribution >= 4 is 65.2 Å². The number of methoxy groups -OCH3 is 2. The van der Waals surface area contributed by atoms with E-state index in [2.05, 4.69) is 40.9 Å². The summed E-state index contributed by atoms with van der Waals surface area (Å²) in [6.07, 6.45) is 0. The molecule has 0 unspecified atom stereocenters. The fraction of sp³-hybridized carbons (Fsp3) is 0.583. The molecular weight excluding hydrogens is 1450 g/mol. The zero-order chi connectivity index (χ0) is 83.5. The quantitative estimate of drug-likeness (QED) is 0.0370. The van der Waals surface area contributed by atoms with E-state index in [9.17, 15) is 52.7 Å². The van der Waals surface area contributed by atoms with Crippen molar-refractivity contribution in [2.45, 2.75) is 116 Å². The van der Waals surface area contributed by atoms with Crippen LogP contribution in [0.4, 0.5) is 0 Å².